The van der Waals surface area contributed by atoms with Gasteiger partial charge in [0.25, 0.3) is 0 Å². The van der Waals surface area contributed by atoms with Crippen LogP contribution in [0.1, 0.15) is 33.1 Å². The zero-order chi connectivity index (χ0) is 13.1. The average Bonchev–Trinajstić information content (AvgIpc) is 2.73. The summed E-state index contributed by atoms with van der Waals surface area (Å²) in [4.78, 5) is 24.7. The number of nitrogens with one attached hydrogen (secondary N) is 1. The number of aliphatic carboxylic acids is 1. The van der Waals surface area contributed by atoms with Gasteiger partial charge in [0.15, 0.2) is 0 Å². The lowest BCUT2D eigenvalue weighted by molar-refractivity contribution is -0.148. The normalized spacial score (nSPS) is 25.1. The molecule has 0 spiro atoms. The molecule has 0 aliphatic carbocycles. The molecule has 2 unspecified atom stereocenters. The first kappa shape index (κ1) is 13.4. The topological polar surface area (TPSA) is 69.6 Å². The Morgan fingerprint density at radius 1 is 1.65 bits per heavy atom. The van der Waals surface area contributed by atoms with Gasteiger partial charge in [0.1, 0.15) is 5.54 Å². The number of urea groups is 1. The molecule has 1 aliphatic rings. The maximum absolute atomic E-state index is 11.9. The molecular formula is C12H18N2O3. The van der Waals surface area contributed by atoms with Gasteiger partial charge in [-0.1, -0.05) is 12.8 Å². The number of carboxylic acid groups (broad SMARTS) is 1. The molecule has 0 aromatic heterocycles. The van der Waals surface area contributed by atoms with Crippen LogP contribution in [0.5, 0.6) is 0 Å². The maximum Gasteiger partial charge on any atom is 0.329 e. The number of nitrogens with zero attached hydrogens (tertiary/aromatic N) is 1. The van der Waals surface area contributed by atoms with Crippen molar-refractivity contribution in [1.82, 2.24) is 10.2 Å². The van der Waals surface area contributed by atoms with Crippen molar-refractivity contribution in [2.75, 3.05) is 6.54 Å². The summed E-state index contributed by atoms with van der Waals surface area (Å²) < 4.78 is 0. The highest BCUT2D eigenvalue weighted by atomic mass is 16.4. The highest BCUT2D eigenvalue weighted by Crippen LogP contribution is 2.32. The molecule has 2 atom stereocenters. The summed E-state index contributed by atoms with van der Waals surface area (Å²) in [5, 5.41) is 11.9. The zero-order valence-electron chi connectivity index (χ0n) is 10.2. The Morgan fingerprint density at radius 2 is 2.29 bits per heavy atom. The molecule has 2 N–H and O–H groups in total. The van der Waals surface area contributed by atoms with Crippen molar-refractivity contribution < 1.29 is 14.7 Å². The Balaban J connectivity index is 2.86. The Hall–Kier alpha value is -1.70. The van der Waals surface area contributed by atoms with E-state index in [1.807, 2.05) is 0 Å². The van der Waals surface area contributed by atoms with Gasteiger partial charge in [-0.3, -0.25) is 0 Å². The molecule has 1 rings (SSSR count). The number of hydrogen-bond donors (Lipinski definition) is 2. The van der Waals surface area contributed by atoms with Gasteiger partial charge in [-0.15, -0.1) is 6.42 Å². The van der Waals surface area contributed by atoms with Crippen LogP contribution in [0.2, 0.25) is 0 Å². The van der Waals surface area contributed by atoms with Crippen molar-refractivity contribution in [3.63, 3.8) is 0 Å². The molecular weight excluding hydrogens is 220 g/mol. The predicted molar refractivity (Wildman–Crippen MR) is 63.4 cm³/mol. The van der Waals surface area contributed by atoms with Crippen LogP contribution in [-0.4, -0.2) is 40.1 Å². The third-order valence-electron chi connectivity index (χ3n) is 3.31. The zero-order valence-corrected chi connectivity index (χ0v) is 10.2. The lowest BCUT2D eigenvalue weighted by Gasteiger charge is -2.34. The minimum Gasteiger partial charge on any atom is -0.479 e. The second-order valence-electron chi connectivity index (χ2n) is 4.28. The van der Waals surface area contributed by atoms with Crippen LogP contribution < -0.4 is 5.32 Å². The Labute approximate surface area is 101 Å². The number of carboxylic acids is 1. The largest absolute Gasteiger partial charge is 0.479 e. The van der Waals surface area contributed by atoms with Gasteiger partial charge < -0.3 is 15.3 Å². The van der Waals surface area contributed by atoms with Crippen molar-refractivity contribution in [2.24, 2.45) is 0 Å². The van der Waals surface area contributed by atoms with E-state index >= 15 is 0 Å². The van der Waals surface area contributed by atoms with Crippen molar-refractivity contribution in [1.29, 1.82) is 0 Å². The van der Waals surface area contributed by atoms with E-state index in [4.69, 9.17) is 6.42 Å². The molecule has 5 heteroatoms. The molecule has 1 aliphatic heterocycles. The van der Waals surface area contributed by atoms with E-state index in [-0.39, 0.29) is 0 Å². The summed E-state index contributed by atoms with van der Waals surface area (Å²) in [7, 11) is 0. The minimum atomic E-state index is -1.07. The number of carbonyl (C=O) groups is 2. The quantitative estimate of drug-likeness (QED) is 0.722. The van der Waals surface area contributed by atoms with Gasteiger partial charge in [0, 0.05) is 6.54 Å². The number of carbonyl (C=O) groups excluding carboxylic acids is 1. The van der Waals surface area contributed by atoms with Crippen LogP contribution >= 0.6 is 0 Å². The van der Waals surface area contributed by atoms with Crippen LogP contribution in [0.15, 0.2) is 0 Å². The van der Waals surface area contributed by atoms with Crippen molar-refractivity contribution in [3.8, 4) is 12.3 Å². The standard InChI is InChI=1S/C12H18N2O3/c1-4-9(3)13-11(17)14-8-6-7-12(14,5-2)10(15)16/h1,9H,5-8H2,2-3H3,(H,13,17)(H,15,16). The fraction of sp³-hybridized carbons (Fsp3) is 0.667. The fourth-order valence-electron chi connectivity index (χ4n) is 2.22. The highest BCUT2D eigenvalue weighted by molar-refractivity contribution is 5.87. The molecule has 2 amide bonds. The third-order valence-corrected chi connectivity index (χ3v) is 3.31. The lowest BCUT2D eigenvalue weighted by atomic mass is 9.93. The molecule has 5 nitrogen and oxygen atoms in total. The van der Waals surface area contributed by atoms with E-state index in [9.17, 15) is 14.7 Å². The number of likely N-dealkylation sites (tertiary alicyclic amines) is 1. The smallest absolute Gasteiger partial charge is 0.329 e. The van der Waals surface area contributed by atoms with Gasteiger partial charge in [0.2, 0.25) is 0 Å². The predicted octanol–water partition coefficient (Wildman–Crippen LogP) is 1.05. The molecule has 1 heterocycles. The Bertz CT molecular complexity index is 361. The van der Waals surface area contributed by atoms with E-state index < -0.39 is 23.6 Å². The van der Waals surface area contributed by atoms with E-state index in [0.717, 1.165) is 0 Å². The average molecular weight is 238 g/mol. The third kappa shape index (κ3) is 2.36. The molecule has 0 bridgehead atoms. The van der Waals surface area contributed by atoms with Gasteiger partial charge in [-0.25, -0.2) is 9.59 Å². The minimum absolute atomic E-state index is 0.391. The van der Waals surface area contributed by atoms with E-state index in [1.54, 1.807) is 13.8 Å². The van der Waals surface area contributed by atoms with E-state index in [2.05, 4.69) is 11.2 Å². The van der Waals surface area contributed by atoms with Crippen LogP contribution in [0.3, 0.4) is 0 Å². The maximum atomic E-state index is 11.9. The van der Waals surface area contributed by atoms with Crippen LogP contribution in [0.25, 0.3) is 0 Å². The second kappa shape index (κ2) is 5.09. The van der Waals surface area contributed by atoms with Gasteiger partial charge >= 0.3 is 12.0 Å². The van der Waals surface area contributed by atoms with Crippen LogP contribution in [0.4, 0.5) is 4.79 Å². The molecule has 0 radical (unpaired) electrons. The number of terminal acetylenes is 1. The summed E-state index contributed by atoms with van der Waals surface area (Å²) in [6, 6.07) is -0.788. The van der Waals surface area contributed by atoms with Gasteiger partial charge in [0.05, 0.1) is 6.04 Å². The number of amides is 2. The summed E-state index contributed by atoms with van der Waals surface area (Å²) >= 11 is 0. The molecule has 0 aromatic rings. The van der Waals surface area contributed by atoms with Crippen molar-refractivity contribution in [2.45, 2.75) is 44.7 Å². The number of rotatable bonds is 3. The first-order chi connectivity index (χ1) is 7.97. The monoisotopic (exact) mass is 238 g/mol. The molecule has 0 aromatic carbocycles. The van der Waals surface area contributed by atoms with Crippen molar-refractivity contribution in [3.05, 3.63) is 0 Å². The van der Waals surface area contributed by atoms with Crippen LogP contribution in [-0.2, 0) is 4.79 Å². The first-order valence-corrected chi connectivity index (χ1v) is 5.75. The fourth-order valence-corrected chi connectivity index (χ4v) is 2.22. The Kier molecular flexibility index (Phi) is 4.00. The summed E-state index contributed by atoms with van der Waals surface area (Å²) in [6.45, 7) is 3.93. The highest BCUT2D eigenvalue weighted by Gasteiger charge is 2.48. The molecule has 1 saturated heterocycles. The molecule has 17 heavy (non-hydrogen) atoms. The van der Waals surface area contributed by atoms with Gasteiger partial charge in [-0.2, -0.15) is 0 Å². The van der Waals surface area contributed by atoms with Crippen LogP contribution in [0, 0.1) is 12.3 Å². The van der Waals surface area contributed by atoms with E-state index in [1.165, 1.54) is 4.90 Å². The molecule has 0 saturated carbocycles. The summed E-state index contributed by atoms with van der Waals surface area (Å²) in [6.07, 6.45) is 6.79. The van der Waals surface area contributed by atoms with E-state index in [0.29, 0.717) is 25.8 Å². The van der Waals surface area contributed by atoms with Gasteiger partial charge in [-0.05, 0) is 26.2 Å². The summed E-state index contributed by atoms with van der Waals surface area (Å²) in [5.74, 6) is 1.44. The Morgan fingerprint density at radius 3 is 2.76 bits per heavy atom. The SMILES string of the molecule is C#CC(C)NC(=O)N1CCCC1(CC)C(=O)O. The van der Waals surface area contributed by atoms with Crippen molar-refractivity contribution >= 4 is 12.0 Å². The first-order valence-electron chi connectivity index (χ1n) is 5.75. The second-order valence-corrected chi connectivity index (χ2v) is 4.28. The lowest BCUT2D eigenvalue weighted by Crippen LogP contribution is -2.56. The molecule has 94 valence electrons. The molecule has 1 fully saturated rings. The summed E-state index contributed by atoms with van der Waals surface area (Å²) in [5.41, 5.74) is -1.07. The number of hydrogen-bond acceptors (Lipinski definition) is 2.